The van der Waals surface area contributed by atoms with E-state index in [0.29, 0.717) is 13.2 Å². The second-order valence-corrected chi connectivity index (χ2v) is 3.70. The summed E-state index contributed by atoms with van der Waals surface area (Å²) in [5, 5.41) is 5.51. The van der Waals surface area contributed by atoms with Crippen molar-refractivity contribution in [2.45, 2.75) is 19.8 Å². The lowest BCUT2D eigenvalue weighted by atomic mass is 10.3. The lowest BCUT2D eigenvalue weighted by molar-refractivity contribution is 0.236. The summed E-state index contributed by atoms with van der Waals surface area (Å²) in [4.78, 5) is 11.3. The van der Waals surface area contributed by atoms with E-state index in [1.807, 2.05) is 30.3 Å². The molecule has 94 valence electrons. The molecule has 0 unspecified atom stereocenters. The molecule has 2 amide bonds. The molecule has 0 aliphatic carbocycles. The maximum absolute atomic E-state index is 11.3. The molecule has 0 saturated heterocycles. The number of benzene rings is 1. The van der Waals surface area contributed by atoms with Gasteiger partial charge in [0, 0.05) is 6.54 Å². The minimum absolute atomic E-state index is 0.130. The predicted octanol–water partition coefficient (Wildman–Crippen LogP) is 2.16. The summed E-state index contributed by atoms with van der Waals surface area (Å²) in [5.74, 6) is 0.820. The molecule has 4 heteroatoms. The van der Waals surface area contributed by atoms with Crippen molar-refractivity contribution >= 4 is 6.03 Å². The van der Waals surface area contributed by atoms with E-state index in [0.717, 1.165) is 25.1 Å². The molecule has 0 aliphatic heterocycles. The van der Waals surface area contributed by atoms with Crippen molar-refractivity contribution in [3.8, 4) is 5.75 Å². The monoisotopic (exact) mass is 236 g/mol. The van der Waals surface area contributed by atoms with Crippen molar-refractivity contribution < 1.29 is 9.53 Å². The van der Waals surface area contributed by atoms with Crippen LogP contribution in [0.3, 0.4) is 0 Å². The van der Waals surface area contributed by atoms with Gasteiger partial charge in [-0.05, 0) is 18.6 Å². The van der Waals surface area contributed by atoms with Crippen LogP contribution in [0.5, 0.6) is 5.75 Å². The molecule has 0 spiro atoms. The van der Waals surface area contributed by atoms with Crippen molar-refractivity contribution in [3.63, 3.8) is 0 Å². The number of ether oxygens (including phenoxy) is 1. The van der Waals surface area contributed by atoms with Gasteiger partial charge in [0.15, 0.2) is 0 Å². The molecule has 1 rings (SSSR count). The Morgan fingerprint density at radius 1 is 1.18 bits per heavy atom. The number of para-hydroxylation sites is 1. The number of amides is 2. The topological polar surface area (TPSA) is 50.4 Å². The van der Waals surface area contributed by atoms with E-state index in [2.05, 4.69) is 17.6 Å². The Morgan fingerprint density at radius 2 is 1.88 bits per heavy atom. The number of carbonyl (C=O) groups excluding carboxylic acids is 1. The number of hydrogen-bond acceptors (Lipinski definition) is 2. The SMILES string of the molecule is CCCCNC(=O)NCCOc1ccccc1. The van der Waals surface area contributed by atoms with E-state index in [-0.39, 0.29) is 6.03 Å². The number of rotatable bonds is 7. The molecule has 2 N–H and O–H groups in total. The number of urea groups is 1. The van der Waals surface area contributed by atoms with Crippen LogP contribution in [-0.4, -0.2) is 25.7 Å². The minimum atomic E-state index is -0.130. The molecule has 0 radical (unpaired) electrons. The third kappa shape index (κ3) is 6.45. The molecular weight excluding hydrogens is 216 g/mol. The Bertz CT molecular complexity index is 314. The molecule has 0 atom stereocenters. The molecule has 0 saturated carbocycles. The van der Waals surface area contributed by atoms with Crippen molar-refractivity contribution in [1.29, 1.82) is 0 Å². The van der Waals surface area contributed by atoms with Gasteiger partial charge in [-0.2, -0.15) is 0 Å². The first kappa shape index (κ1) is 13.4. The molecule has 0 bridgehead atoms. The molecule has 1 aromatic rings. The highest BCUT2D eigenvalue weighted by atomic mass is 16.5. The summed E-state index contributed by atoms with van der Waals surface area (Å²) >= 11 is 0. The summed E-state index contributed by atoms with van der Waals surface area (Å²) < 4.78 is 5.44. The summed E-state index contributed by atoms with van der Waals surface area (Å²) in [5.41, 5.74) is 0. The van der Waals surface area contributed by atoms with Crippen LogP contribution >= 0.6 is 0 Å². The fraction of sp³-hybridized carbons (Fsp3) is 0.462. The molecule has 4 nitrogen and oxygen atoms in total. The molecule has 0 aliphatic rings. The second-order valence-electron chi connectivity index (χ2n) is 3.70. The average Bonchev–Trinajstić information content (AvgIpc) is 2.36. The van der Waals surface area contributed by atoms with Gasteiger partial charge in [-0.25, -0.2) is 4.79 Å². The van der Waals surface area contributed by atoms with Crippen LogP contribution < -0.4 is 15.4 Å². The molecule has 1 aromatic carbocycles. The van der Waals surface area contributed by atoms with Crippen LogP contribution in [0.25, 0.3) is 0 Å². The third-order valence-corrected chi connectivity index (χ3v) is 2.22. The number of unbranched alkanes of at least 4 members (excludes halogenated alkanes) is 1. The quantitative estimate of drug-likeness (QED) is 0.713. The normalized spacial score (nSPS) is 9.71. The third-order valence-electron chi connectivity index (χ3n) is 2.22. The van der Waals surface area contributed by atoms with E-state index < -0.39 is 0 Å². The van der Waals surface area contributed by atoms with Crippen molar-refractivity contribution in [2.75, 3.05) is 19.7 Å². The highest BCUT2D eigenvalue weighted by Gasteiger charge is 1.97. The van der Waals surface area contributed by atoms with Crippen LogP contribution in [0.1, 0.15) is 19.8 Å². The molecule has 0 aromatic heterocycles. The van der Waals surface area contributed by atoms with Crippen molar-refractivity contribution in [3.05, 3.63) is 30.3 Å². The number of carbonyl (C=O) groups is 1. The fourth-order valence-corrected chi connectivity index (χ4v) is 1.29. The largest absolute Gasteiger partial charge is 0.492 e. The van der Waals surface area contributed by atoms with Gasteiger partial charge in [0.05, 0.1) is 6.54 Å². The van der Waals surface area contributed by atoms with E-state index in [9.17, 15) is 4.79 Å². The zero-order valence-corrected chi connectivity index (χ0v) is 10.2. The van der Waals surface area contributed by atoms with Crippen LogP contribution in [0.2, 0.25) is 0 Å². The maximum atomic E-state index is 11.3. The van der Waals surface area contributed by atoms with E-state index >= 15 is 0 Å². The Kier molecular flexibility index (Phi) is 6.63. The van der Waals surface area contributed by atoms with Gasteiger partial charge in [0.1, 0.15) is 12.4 Å². The van der Waals surface area contributed by atoms with Gasteiger partial charge >= 0.3 is 6.03 Å². The summed E-state index contributed by atoms with van der Waals surface area (Å²) in [6, 6.07) is 9.42. The molecular formula is C13H20N2O2. The average molecular weight is 236 g/mol. The predicted molar refractivity (Wildman–Crippen MR) is 68.2 cm³/mol. The lowest BCUT2D eigenvalue weighted by Crippen LogP contribution is -2.38. The van der Waals surface area contributed by atoms with Crippen molar-refractivity contribution in [1.82, 2.24) is 10.6 Å². The number of nitrogens with one attached hydrogen (secondary N) is 2. The van der Waals surface area contributed by atoms with Gasteiger partial charge < -0.3 is 15.4 Å². The Hall–Kier alpha value is -1.71. The minimum Gasteiger partial charge on any atom is -0.492 e. The van der Waals surface area contributed by atoms with Crippen LogP contribution in [0.4, 0.5) is 4.79 Å². The van der Waals surface area contributed by atoms with E-state index in [4.69, 9.17) is 4.74 Å². The van der Waals surface area contributed by atoms with Gasteiger partial charge in [0.2, 0.25) is 0 Å². The van der Waals surface area contributed by atoms with Crippen molar-refractivity contribution in [2.24, 2.45) is 0 Å². The van der Waals surface area contributed by atoms with E-state index in [1.165, 1.54) is 0 Å². The van der Waals surface area contributed by atoms with Gasteiger partial charge in [-0.3, -0.25) is 0 Å². The van der Waals surface area contributed by atoms with Crippen LogP contribution in [0.15, 0.2) is 30.3 Å². The number of hydrogen-bond donors (Lipinski definition) is 2. The van der Waals surface area contributed by atoms with Crippen LogP contribution in [0, 0.1) is 0 Å². The Labute approximate surface area is 102 Å². The highest BCUT2D eigenvalue weighted by Crippen LogP contribution is 2.07. The van der Waals surface area contributed by atoms with Crippen LogP contribution in [-0.2, 0) is 0 Å². The first-order chi connectivity index (χ1) is 8.33. The van der Waals surface area contributed by atoms with Gasteiger partial charge in [0.25, 0.3) is 0 Å². The summed E-state index contributed by atoms with van der Waals surface area (Å²) in [7, 11) is 0. The molecule has 17 heavy (non-hydrogen) atoms. The van der Waals surface area contributed by atoms with Gasteiger partial charge in [-0.1, -0.05) is 31.5 Å². The standard InChI is InChI=1S/C13H20N2O2/c1-2-3-9-14-13(16)15-10-11-17-12-7-5-4-6-8-12/h4-8H,2-3,9-11H2,1H3,(H2,14,15,16). The Morgan fingerprint density at radius 3 is 2.59 bits per heavy atom. The smallest absolute Gasteiger partial charge is 0.314 e. The van der Waals surface area contributed by atoms with Gasteiger partial charge in [-0.15, -0.1) is 0 Å². The zero-order chi connectivity index (χ0) is 12.3. The highest BCUT2D eigenvalue weighted by molar-refractivity contribution is 5.73. The maximum Gasteiger partial charge on any atom is 0.314 e. The lowest BCUT2D eigenvalue weighted by Gasteiger charge is -2.08. The first-order valence-corrected chi connectivity index (χ1v) is 6.02. The summed E-state index contributed by atoms with van der Waals surface area (Å²) in [6.45, 7) is 3.80. The Balaban J connectivity index is 2.02. The first-order valence-electron chi connectivity index (χ1n) is 6.02. The summed E-state index contributed by atoms with van der Waals surface area (Å²) in [6.07, 6.45) is 2.09. The fourth-order valence-electron chi connectivity index (χ4n) is 1.29. The van der Waals surface area contributed by atoms with E-state index in [1.54, 1.807) is 0 Å². The molecule has 0 heterocycles. The molecule has 0 fully saturated rings. The second kappa shape index (κ2) is 8.44. The zero-order valence-electron chi connectivity index (χ0n) is 10.2.